The normalized spacial score (nSPS) is 12.4. The first-order valence-electron chi connectivity index (χ1n) is 20.0. The lowest BCUT2D eigenvalue weighted by Gasteiger charge is -2.27. The van der Waals surface area contributed by atoms with Crippen LogP contribution in [0, 0.1) is 0 Å². The Kier molecular flexibility index (Phi) is 6.50. The van der Waals surface area contributed by atoms with E-state index in [4.69, 9.17) is 4.42 Å². The van der Waals surface area contributed by atoms with E-state index in [-0.39, 0.29) is 0 Å². The predicted octanol–water partition coefficient (Wildman–Crippen LogP) is 15.1. The largest absolute Gasteiger partial charge is 0.456 e. The fourth-order valence-corrected chi connectivity index (χ4v) is 9.87. The number of hydrogen-bond acceptors (Lipinski definition) is 2. The topological polar surface area (TPSA) is 20.8 Å². The van der Waals surface area contributed by atoms with Crippen molar-refractivity contribution in [2.45, 2.75) is 6.42 Å². The predicted molar refractivity (Wildman–Crippen MR) is 242 cm³/mol. The number of nitrogens with zero attached hydrogens (tertiary/aromatic N) is 2. The first kappa shape index (κ1) is 31.6. The van der Waals surface area contributed by atoms with Gasteiger partial charge >= 0.3 is 0 Å². The first-order chi connectivity index (χ1) is 28.7. The van der Waals surface area contributed by atoms with Crippen LogP contribution in [0.15, 0.2) is 199 Å². The van der Waals surface area contributed by atoms with Crippen LogP contribution in [-0.2, 0) is 6.42 Å². The van der Waals surface area contributed by atoms with E-state index < -0.39 is 0 Å². The van der Waals surface area contributed by atoms with Gasteiger partial charge in [-0.2, -0.15) is 0 Å². The highest BCUT2D eigenvalue weighted by molar-refractivity contribution is 6.27. The number of hydrogen-bond donors (Lipinski definition) is 0. The standard InChI is InChI=1S/C55H34N2O/c1-2-10-42-38(9-1)31-39-18-17-36(32-47(39)42)34-19-24-40(25-20-34)56(41-26-21-35(22-27-41)37-23-30-53-48(33-37)44-12-5-8-16-52(44)58-53)51-29-28-45-43-11-3-6-14-49(43)57-50-15-7-4-13-46(50)54(51)55(45)57/h1-30,32-33H,31H2. The average Bonchev–Trinajstić information content (AvgIpc) is 4.04. The molecule has 0 radical (unpaired) electrons. The fourth-order valence-electron chi connectivity index (χ4n) is 9.87. The van der Waals surface area contributed by atoms with E-state index in [9.17, 15) is 0 Å². The molecule has 0 atom stereocenters. The quantitative estimate of drug-likeness (QED) is 0.175. The molecule has 9 aromatic carbocycles. The van der Waals surface area contributed by atoms with Gasteiger partial charge in [0.2, 0.25) is 0 Å². The Labute approximate surface area is 334 Å². The lowest BCUT2D eigenvalue weighted by Crippen LogP contribution is -2.10. The van der Waals surface area contributed by atoms with Gasteiger partial charge in [-0.15, -0.1) is 0 Å². The number of aromatic nitrogens is 1. The molecule has 3 heterocycles. The van der Waals surface area contributed by atoms with Crippen LogP contribution in [0.3, 0.4) is 0 Å². The maximum Gasteiger partial charge on any atom is 0.135 e. The molecule has 12 aromatic rings. The summed E-state index contributed by atoms with van der Waals surface area (Å²) < 4.78 is 8.62. The first-order valence-corrected chi connectivity index (χ1v) is 20.0. The van der Waals surface area contributed by atoms with Crippen molar-refractivity contribution in [3.63, 3.8) is 0 Å². The summed E-state index contributed by atoms with van der Waals surface area (Å²) in [6, 6.07) is 71.1. The Bertz CT molecular complexity index is 3590. The van der Waals surface area contributed by atoms with Gasteiger partial charge in [-0.25, -0.2) is 0 Å². The second-order valence-electron chi connectivity index (χ2n) is 15.7. The monoisotopic (exact) mass is 738 g/mol. The summed E-state index contributed by atoms with van der Waals surface area (Å²) in [5, 5.41) is 7.34. The molecule has 3 heteroatoms. The lowest BCUT2D eigenvalue weighted by atomic mass is 9.98. The zero-order chi connectivity index (χ0) is 37.9. The smallest absolute Gasteiger partial charge is 0.135 e. The van der Waals surface area contributed by atoms with Crippen molar-refractivity contribution >= 4 is 77.1 Å². The Morgan fingerprint density at radius 1 is 0.397 bits per heavy atom. The molecule has 270 valence electrons. The molecule has 13 rings (SSSR count). The van der Waals surface area contributed by atoms with Crippen LogP contribution in [0.4, 0.5) is 17.1 Å². The molecule has 0 N–H and O–H groups in total. The molecule has 0 fully saturated rings. The molecule has 1 aliphatic carbocycles. The van der Waals surface area contributed by atoms with Gasteiger partial charge in [-0.05, 0) is 118 Å². The Balaban J connectivity index is 0.980. The van der Waals surface area contributed by atoms with Crippen LogP contribution in [0.5, 0.6) is 0 Å². The molecule has 0 amide bonds. The molecule has 0 aliphatic heterocycles. The van der Waals surface area contributed by atoms with E-state index in [0.717, 1.165) is 56.5 Å². The van der Waals surface area contributed by atoms with Gasteiger partial charge in [-0.1, -0.05) is 127 Å². The Morgan fingerprint density at radius 3 is 1.78 bits per heavy atom. The SMILES string of the molecule is c1ccc2c(c1)Cc1ccc(-c3ccc(N(c4ccc(-c5ccc6oc7ccccc7c6c5)cc4)c4ccc5c6ccccc6n6c7ccccc7c4c56)cc3)cc1-2. The summed E-state index contributed by atoms with van der Waals surface area (Å²) in [5.74, 6) is 0. The van der Waals surface area contributed by atoms with E-state index in [1.165, 1.54) is 71.5 Å². The average molecular weight is 739 g/mol. The summed E-state index contributed by atoms with van der Waals surface area (Å²) in [6.07, 6.45) is 1.00. The fraction of sp³-hybridized carbons (Fsp3) is 0.0182. The number of para-hydroxylation sites is 3. The molecule has 0 unspecified atom stereocenters. The maximum absolute atomic E-state index is 6.15. The van der Waals surface area contributed by atoms with Crippen LogP contribution < -0.4 is 4.90 Å². The van der Waals surface area contributed by atoms with Crippen molar-refractivity contribution in [3.8, 4) is 33.4 Å². The molecular weight excluding hydrogens is 705 g/mol. The van der Waals surface area contributed by atoms with Crippen LogP contribution in [-0.4, -0.2) is 4.40 Å². The molecule has 0 saturated carbocycles. The van der Waals surface area contributed by atoms with Crippen molar-refractivity contribution in [1.82, 2.24) is 4.40 Å². The number of benzene rings is 9. The minimum absolute atomic E-state index is 0.909. The Morgan fingerprint density at radius 2 is 0.983 bits per heavy atom. The molecule has 3 nitrogen and oxygen atoms in total. The van der Waals surface area contributed by atoms with Gasteiger partial charge in [-0.3, -0.25) is 0 Å². The highest BCUT2D eigenvalue weighted by Crippen LogP contribution is 2.48. The van der Waals surface area contributed by atoms with Crippen molar-refractivity contribution in [2.24, 2.45) is 0 Å². The number of fused-ring (bicyclic) bond motifs is 12. The van der Waals surface area contributed by atoms with E-state index >= 15 is 0 Å². The molecular formula is C55H34N2O. The third kappa shape index (κ3) is 4.50. The van der Waals surface area contributed by atoms with E-state index in [1.54, 1.807) is 0 Å². The molecule has 58 heavy (non-hydrogen) atoms. The van der Waals surface area contributed by atoms with Crippen molar-refractivity contribution in [1.29, 1.82) is 0 Å². The molecule has 0 spiro atoms. The van der Waals surface area contributed by atoms with Crippen molar-refractivity contribution < 1.29 is 4.42 Å². The highest BCUT2D eigenvalue weighted by Gasteiger charge is 2.24. The maximum atomic E-state index is 6.15. The van der Waals surface area contributed by atoms with Crippen LogP contribution in [0.25, 0.3) is 93.4 Å². The summed E-state index contributed by atoms with van der Waals surface area (Å²) in [7, 11) is 0. The van der Waals surface area contributed by atoms with Crippen LogP contribution >= 0.6 is 0 Å². The van der Waals surface area contributed by atoms with Gasteiger partial charge in [0.1, 0.15) is 11.2 Å². The van der Waals surface area contributed by atoms with Crippen molar-refractivity contribution in [3.05, 3.63) is 205 Å². The van der Waals surface area contributed by atoms with E-state index in [2.05, 4.69) is 191 Å². The van der Waals surface area contributed by atoms with Gasteiger partial charge in [0.15, 0.2) is 0 Å². The third-order valence-electron chi connectivity index (χ3n) is 12.6. The zero-order valence-electron chi connectivity index (χ0n) is 31.5. The summed E-state index contributed by atoms with van der Waals surface area (Å²) >= 11 is 0. The van der Waals surface area contributed by atoms with Crippen LogP contribution in [0.2, 0.25) is 0 Å². The lowest BCUT2D eigenvalue weighted by molar-refractivity contribution is 0.669. The van der Waals surface area contributed by atoms with Crippen LogP contribution in [0.1, 0.15) is 11.1 Å². The summed E-state index contributed by atoms with van der Waals surface area (Å²) in [5.41, 5.74) is 19.2. The number of furan rings is 1. The second kappa shape index (κ2) is 11.9. The minimum Gasteiger partial charge on any atom is -0.456 e. The van der Waals surface area contributed by atoms with E-state index in [1.807, 2.05) is 12.1 Å². The third-order valence-corrected chi connectivity index (χ3v) is 12.6. The molecule has 0 saturated heterocycles. The van der Waals surface area contributed by atoms with Crippen molar-refractivity contribution in [2.75, 3.05) is 4.90 Å². The minimum atomic E-state index is 0.909. The zero-order valence-corrected chi connectivity index (χ0v) is 31.5. The van der Waals surface area contributed by atoms with E-state index in [0.29, 0.717) is 0 Å². The van der Waals surface area contributed by atoms with Gasteiger partial charge in [0.25, 0.3) is 0 Å². The van der Waals surface area contributed by atoms with Gasteiger partial charge in [0.05, 0.1) is 22.2 Å². The van der Waals surface area contributed by atoms with Gasteiger partial charge in [0, 0.05) is 43.7 Å². The highest BCUT2D eigenvalue weighted by atomic mass is 16.3. The molecule has 3 aromatic heterocycles. The summed E-state index contributed by atoms with van der Waals surface area (Å²) in [4.78, 5) is 2.44. The molecule has 1 aliphatic rings. The number of anilines is 3. The second-order valence-corrected chi connectivity index (χ2v) is 15.7. The summed E-state index contributed by atoms with van der Waals surface area (Å²) in [6.45, 7) is 0. The van der Waals surface area contributed by atoms with Gasteiger partial charge < -0.3 is 13.7 Å². The Hall–Kier alpha value is -7.62. The number of rotatable bonds is 5. The molecule has 0 bridgehead atoms.